The second kappa shape index (κ2) is 4.10. The molecule has 0 spiro atoms. The number of anilines is 2. The molecule has 1 aromatic carbocycles. The van der Waals surface area contributed by atoms with Crippen LogP contribution in [0.3, 0.4) is 0 Å². The van der Waals surface area contributed by atoms with E-state index < -0.39 is 10.0 Å². The maximum atomic E-state index is 12.0. The Morgan fingerprint density at radius 1 is 1.41 bits per heavy atom. The first-order chi connectivity index (χ1) is 7.97. The summed E-state index contributed by atoms with van der Waals surface area (Å²) in [6.45, 7) is 0. The molecule has 0 aliphatic carbocycles. The van der Waals surface area contributed by atoms with Crippen molar-refractivity contribution >= 4 is 21.4 Å². The SMILES string of the molecule is Cn1cc(NS(=O)(=O)c2cccc(N)c2)cn1. The topological polar surface area (TPSA) is 90.0 Å². The Bertz CT molecular complexity index is 633. The molecule has 0 amide bonds. The van der Waals surface area contributed by atoms with Gasteiger partial charge < -0.3 is 5.73 Å². The largest absolute Gasteiger partial charge is 0.399 e. The highest BCUT2D eigenvalue weighted by atomic mass is 32.2. The van der Waals surface area contributed by atoms with Crippen LogP contribution in [0.25, 0.3) is 0 Å². The molecule has 3 N–H and O–H groups in total. The van der Waals surface area contributed by atoms with E-state index in [4.69, 9.17) is 5.73 Å². The average molecular weight is 252 g/mol. The van der Waals surface area contributed by atoms with Crippen LogP contribution in [-0.4, -0.2) is 18.2 Å². The minimum absolute atomic E-state index is 0.126. The number of nitrogen functional groups attached to an aromatic ring is 1. The molecule has 0 aliphatic rings. The lowest BCUT2D eigenvalue weighted by Gasteiger charge is -2.06. The van der Waals surface area contributed by atoms with Crippen molar-refractivity contribution < 1.29 is 8.42 Å². The van der Waals surface area contributed by atoms with Crippen LogP contribution >= 0.6 is 0 Å². The van der Waals surface area contributed by atoms with E-state index >= 15 is 0 Å². The summed E-state index contributed by atoms with van der Waals surface area (Å²) in [7, 11) is -1.90. The third kappa shape index (κ3) is 2.56. The van der Waals surface area contributed by atoms with Gasteiger partial charge in [-0.15, -0.1) is 0 Å². The fourth-order valence-electron chi connectivity index (χ4n) is 1.37. The molecule has 0 radical (unpaired) electrons. The van der Waals surface area contributed by atoms with E-state index in [1.165, 1.54) is 23.0 Å². The second-order valence-electron chi connectivity index (χ2n) is 3.58. The zero-order valence-corrected chi connectivity index (χ0v) is 9.98. The number of hydrogen-bond donors (Lipinski definition) is 2. The van der Waals surface area contributed by atoms with E-state index in [-0.39, 0.29) is 4.90 Å². The second-order valence-corrected chi connectivity index (χ2v) is 5.26. The Labute approximate surface area is 99.1 Å². The summed E-state index contributed by atoms with van der Waals surface area (Å²) in [5.74, 6) is 0. The molecule has 0 aliphatic heterocycles. The first-order valence-corrected chi connectivity index (χ1v) is 6.33. The normalized spacial score (nSPS) is 11.4. The van der Waals surface area contributed by atoms with E-state index in [0.29, 0.717) is 11.4 Å². The summed E-state index contributed by atoms with van der Waals surface area (Å²) >= 11 is 0. The smallest absolute Gasteiger partial charge is 0.262 e. The molecule has 1 aromatic heterocycles. The van der Waals surface area contributed by atoms with Gasteiger partial charge in [0.1, 0.15) is 0 Å². The van der Waals surface area contributed by atoms with Crippen molar-refractivity contribution in [3.8, 4) is 0 Å². The Morgan fingerprint density at radius 2 is 2.18 bits per heavy atom. The van der Waals surface area contributed by atoms with Crippen LogP contribution in [0.15, 0.2) is 41.6 Å². The van der Waals surface area contributed by atoms with Crippen LogP contribution in [0.4, 0.5) is 11.4 Å². The van der Waals surface area contributed by atoms with Gasteiger partial charge in [-0.1, -0.05) is 6.07 Å². The van der Waals surface area contributed by atoms with Gasteiger partial charge in [-0.25, -0.2) is 8.42 Å². The fourth-order valence-corrected chi connectivity index (χ4v) is 2.45. The van der Waals surface area contributed by atoms with Crippen molar-refractivity contribution in [3.05, 3.63) is 36.7 Å². The number of rotatable bonds is 3. The van der Waals surface area contributed by atoms with Gasteiger partial charge >= 0.3 is 0 Å². The monoisotopic (exact) mass is 252 g/mol. The number of aromatic nitrogens is 2. The number of sulfonamides is 1. The quantitative estimate of drug-likeness (QED) is 0.791. The van der Waals surface area contributed by atoms with E-state index in [2.05, 4.69) is 9.82 Å². The van der Waals surface area contributed by atoms with Gasteiger partial charge in [-0.3, -0.25) is 9.40 Å². The summed E-state index contributed by atoms with van der Waals surface area (Å²) in [5.41, 5.74) is 6.36. The maximum absolute atomic E-state index is 12.0. The van der Waals surface area contributed by atoms with Crippen LogP contribution in [0.5, 0.6) is 0 Å². The van der Waals surface area contributed by atoms with Gasteiger partial charge in [0.05, 0.1) is 16.8 Å². The van der Waals surface area contributed by atoms with Gasteiger partial charge in [0.15, 0.2) is 0 Å². The molecule has 0 saturated carbocycles. The molecule has 0 fully saturated rings. The van der Waals surface area contributed by atoms with Crippen LogP contribution in [0, 0.1) is 0 Å². The molecule has 7 heteroatoms. The number of benzene rings is 1. The van der Waals surface area contributed by atoms with E-state index in [1.807, 2.05) is 0 Å². The highest BCUT2D eigenvalue weighted by Crippen LogP contribution is 2.16. The van der Waals surface area contributed by atoms with Crippen molar-refractivity contribution in [2.45, 2.75) is 4.90 Å². The third-order valence-corrected chi connectivity index (χ3v) is 3.50. The molecule has 17 heavy (non-hydrogen) atoms. The molecule has 0 saturated heterocycles. The first-order valence-electron chi connectivity index (χ1n) is 4.84. The summed E-state index contributed by atoms with van der Waals surface area (Å²) in [5, 5.41) is 3.88. The minimum Gasteiger partial charge on any atom is -0.399 e. The van der Waals surface area contributed by atoms with Crippen LogP contribution in [0.1, 0.15) is 0 Å². The molecule has 2 aromatic rings. The molecular formula is C10H12N4O2S. The molecule has 0 bridgehead atoms. The van der Waals surface area contributed by atoms with Crippen LogP contribution in [-0.2, 0) is 17.1 Å². The predicted molar refractivity (Wildman–Crippen MR) is 64.9 cm³/mol. The summed E-state index contributed by atoms with van der Waals surface area (Å²) < 4.78 is 27.8. The van der Waals surface area contributed by atoms with Crippen molar-refractivity contribution in [2.75, 3.05) is 10.5 Å². The van der Waals surface area contributed by atoms with Gasteiger partial charge in [0.25, 0.3) is 10.0 Å². The van der Waals surface area contributed by atoms with Gasteiger partial charge in [-0.05, 0) is 18.2 Å². The van der Waals surface area contributed by atoms with Crippen molar-refractivity contribution in [1.82, 2.24) is 9.78 Å². The number of hydrogen-bond acceptors (Lipinski definition) is 4. The van der Waals surface area contributed by atoms with Gasteiger partial charge in [0.2, 0.25) is 0 Å². The highest BCUT2D eigenvalue weighted by Gasteiger charge is 2.14. The highest BCUT2D eigenvalue weighted by molar-refractivity contribution is 7.92. The number of aryl methyl sites for hydroxylation is 1. The molecule has 6 nitrogen and oxygen atoms in total. The summed E-state index contributed by atoms with van der Waals surface area (Å²) in [6.07, 6.45) is 3.01. The first kappa shape index (κ1) is 11.5. The maximum Gasteiger partial charge on any atom is 0.262 e. The Hall–Kier alpha value is -2.02. The lowest BCUT2D eigenvalue weighted by molar-refractivity contribution is 0.601. The Balaban J connectivity index is 2.31. The lowest BCUT2D eigenvalue weighted by Crippen LogP contribution is -2.12. The van der Waals surface area contributed by atoms with Gasteiger partial charge in [0, 0.05) is 18.9 Å². The zero-order chi connectivity index (χ0) is 12.5. The average Bonchev–Trinajstić information content (AvgIpc) is 2.63. The third-order valence-electron chi connectivity index (χ3n) is 2.13. The molecule has 2 rings (SSSR count). The molecule has 0 unspecified atom stereocenters. The number of nitrogens with zero attached hydrogens (tertiary/aromatic N) is 2. The Morgan fingerprint density at radius 3 is 2.76 bits per heavy atom. The number of nitrogens with two attached hydrogens (primary N) is 1. The molecule has 90 valence electrons. The minimum atomic E-state index is -3.61. The van der Waals surface area contributed by atoms with Crippen LogP contribution < -0.4 is 10.5 Å². The molecule has 1 heterocycles. The van der Waals surface area contributed by atoms with Crippen molar-refractivity contribution in [2.24, 2.45) is 7.05 Å². The van der Waals surface area contributed by atoms with Crippen molar-refractivity contribution in [1.29, 1.82) is 0 Å². The molecular weight excluding hydrogens is 240 g/mol. The number of nitrogens with one attached hydrogen (secondary N) is 1. The van der Waals surface area contributed by atoms with Gasteiger partial charge in [-0.2, -0.15) is 5.10 Å². The predicted octanol–water partition coefficient (Wildman–Crippen LogP) is 0.803. The zero-order valence-electron chi connectivity index (χ0n) is 9.16. The summed E-state index contributed by atoms with van der Waals surface area (Å²) in [4.78, 5) is 0.126. The van der Waals surface area contributed by atoms with E-state index in [9.17, 15) is 8.42 Å². The van der Waals surface area contributed by atoms with E-state index in [1.54, 1.807) is 25.4 Å². The van der Waals surface area contributed by atoms with E-state index in [0.717, 1.165) is 0 Å². The van der Waals surface area contributed by atoms with Crippen LogP contribution in [0.2, 0.25) is 0 Å². The Kier molecular flexibility index (Phi) is 2.76. The fraction of sp³-hybridized carbons (Fsp3) is 0.100. The summed E-state index contributed by atoms with van der Waals surface area (Å²) in [6, 6.07) is 6.10. The molecule has 0 atom stereocenters. The lowest BCUT2D eigenvalue weighted by atomic mass is 10.3. The standard InChI is InChI=1S/C10H12N4O2S/c1-14-7-9(6-12-14)13-17(15,16)10-4-2-3-8(11)5-10/h2-7,13H,11H2,1H3. The van der Waals surface area contributed by atoms with Crippen molar-refractivity contribution in [3.63, 3.8) is 0 Å².